The second-order valence-corrected chi connectivity index (χ2v) is 6.86. The van der Waals surface area contributed by atoms with Crippen LogP contribution in [0.15, 0.2) is 18.2 Å². The third-order valence-electron chi connectivity index (χ3n) is 5.08. The van der Waals surface area contributed by atoms with Crippen molar-refractivity contribution in [3.63, 3.8) is 0 Å². The second kappa shape index (κ2) is 7.30. The van der Waals surface area contributed by atoms with Crippen LogP contribution in [-0.2, 0) is 0 Å². The molecular formula is C18H26FN3O. The lowest BCUT2D eigenvalue weighted by atomic mass is 9.86. The van der Waals surface area contributed by atoms with Crippen molar-refractivity contribution in [3.05, 3.63) is 29.6 Å². The van der Waals surface area contributed by atoms with Crippen molar-refractivity contribution in [2.75, 3.05) is 25.0 Å². The van der Waals surface area contributed by atoms with Gasteiger partial charge in [-0.05, 0) is 62.6 Å². The van der Waals surface area contributed by atoms with E-state index in [4.69, 9.17) is 5.73 Å². The lowest BCUT2D eigenvalue weighted by Crippen LogP contribution is -2.29. The van der Waals surface area contributed by atoms with Gasteiger partial charge in [-0.25, -0.2) is 4.39 Å². The molecule has 5 heteroatoms. The summed E-state index contributed by atoms with van der Waals surface area (Å²) in [5.74, 6) is -0.0130. The number of nitrogens with one attached hydrogen (secondary N) is 1. The SMILES string of the molecule is NC1CCC(CNc2ccc(F)c(C(=O)N3CCCC3)c2)CC1. The number of hydrogen-bond donors (Lipinski definition) is 2. The zero-order valence-electron chi connectivity index (χ0n) is 13.6. The highest BCUT2D eigenvalue weighted by Crippen LogP contribution is 2.24. The van der Waals surface area contributed by atoms with E-state index in [-0.39, 0.29) is 11.5 Å². The number of likely N-dealkylation sites (tertiary alicyclic amines) is 1. The Morgan fingerprint density at radius 3 is 2.61 bits per heavy atom. The molecule has 2 fully saturated rings. The van der Waals surface area contributed by atoms with Crippen molar-refractivity contribution in [2.24, 2.45) is 11.7 Å². The fourth-order valence-electron chi connectivity index (χ4n) is 3.54. The summed E-state index contributed by atoms with van der Waals surface area (Å²) >= 11 is 0. The molecule has 1 amide bonds. The van der Waals surface area contributed by atoms with Gasteiger partial charge in [-0.15, -0.1) is 0 Å². The van der Waals surface area contributed by atoms with Gasteiger partial charge in [0.2, 0.25) is 0 Å². The van der Waals surface area contributed by atoms with Gasteiger partial charge in [0.25, 0.3) is 5.91 Å². The van der Waals surface area contributed by atoms with E-state index in [1.54, 1.807) is 17.0 Å². The fourth-order valence-corrected chi connectivity index (χ4v) is 3.54. The number of benzene rings is 1. The Morgan fingerprint density at radius 2 is 1.91 bits per heavy atom. The number of hydrogen-bond acceptors (Lipinski definition) is 3. The van der Waals surface area contributed by atoms with Crippen LogP contribution in [0.1, 0.15) is 48.9 Å². The van der Waals surface area contributed by atoms with Crippen LogP contribution in [0.4, 0.5) is 10.1 Å². The first kappa shape index (κ1) is 16.2. The van der Waals surface area contributed by atoms with Crippen molar-refractivity contribution in [2.45, 2.75) is 44.6 Å². The molecule has 2 aliphatic rings. The van der Waals surface area contributed by atoms with Crippen molar-refractivity contribution in [1.29, 1.82) is 0 Å². The zero-order valence-corrected chi connectivity index (χ0v) is 13.6. The van der Waals surface area contributed by atoms with E-state index < -0.39 is 5.82 Å². The molecular weight excluding hydrogens is 293 g/mol. The van der Waals surface area contributed by atoms with E-state index in [2.05, 4.69) is 5.32 Å². The van der Waals surface area contributed by atoms with E-state index in [0.29, 0.717) is 12.0 Å². The van der Waals surface area contributed by atoms with Crippen LogP contribution < -0.4 is 11.1 Å². The van der Waals surface area contributed by atoms with Gasteiger partial charge >= 0.3 is 0 Å². The smallest absolute Gasteiger partial charge is 0.256 e. The van der Waals surface area contributed by atoms with E-state index in [9.17, 15) is 9.18 Å². The van der Waals surface area contributed by atoms with Gasteiger partial charge in [0.1, 0.15) is 5.82 Å². The summed E-state index contributed by atoms with van der Waals surface area (Å²) < 4.78 is 14.0. The fraction of sp³-hybridized carbons (Fsp3) is 0.611. The van der Waals surface area contributed by atoms with Crippen molar-refractivity contribution in [1.82, 2.24) is 4.90 Å². The topological polar surface area (TPSA) is 58.4 Å². The third-order valence-corrected chi connectivity index (χ3v) is 5.08. The van der Waals surface area contributed by atoms with E-state index in [0.717, 1.165) is 63.8 Å². The molecule has 4 nitrogen and oxygen atoms in total. The Balaban J connectivity index is 1.62. The average molecular weight is 319 g/mol. The highest BCUT2D eigenvalue weighted by atomic mass is 19.1. The predicted octanol–water partition coefficient (Wildman–Crippen LogP) is 2.99. The molecule has 3 N–H and O–H groups in total. The molecule has 0 bridgehead atoms. The molecule has 0 aromatic heterocycles. The standard InChI is InChI=1S/C18H26FN3O/c19-17-8-7-15(21-12-13-3-5-14(20)6-4-13)11-16(17)18(23)22-9-1-2-10-22/h7-8,11,13-14,21H,1-6,9-10,12,20H2. The lowest BCUT2D eigenvalue weighted by Gasteiger charge is -2.26. The highest BCUT2D eigenvalue weighted by molar-refractivity contribution is 5.95. The maximum atomic E-state index is 14.0. The van der Waals surface area contributed by atoms with Crippen LogP contribution in [0, 0.1) is 11.7 Å². The molecule has 126 valence electrons. The molecule has 1 saturated carbocycles. The maximum absolute atomic E-state index is 14.0. The summed E-state index contributed by atoms with van der Waals surface area (Å²) in [6.07, 6.45) is 6.44. The Bertz CT molecular complexity index is 549. The predicted molar refractivity (Wildman–Crippen MR) is 90.0 cm³/mol. The molecule has 1 aromatic carbocycles. The van der Waals surface area contributed by atoms with Gasteiger partial charge in [-0.3, -0.25) is 4.79 Å². The van der Waals surface area contributed by atoms with E-state index >= 15 is 0 Å². The number of carbonyl (C=O) groups is 1. The largest absolute Gasteiger partial charge is 0.385 e. The second-order valence-electron chi connectivity index (χ2n) is 6.86. The summed E-state index contributed by atoms with van der Waals surface area (Å²) in [7, 11) is 0. The Labute approximate surface area is 137 Å². The van der Waals surface area contributed by atoms with Gasteiger partial charge in [0, 0.05) is 31.4 Å². The monoisotopic (exact) mass is 319 g/mol. The number of amides is 1. The minimum Gasteiger partial charge on any atom is -0.385 e. The highest BCUT2D eigenvalue weighted by Gasteiger charge is 2.23. The first-order valence-electron chi connectivity index (χ1n) is 8.72. The molecule has 1 heterocycles. The normalized spacial score (nSPS) is 24.7. The van der Waals surface area contributed by atoms with Gasteiger partial charge in [-0.2, -0.15) is 0 Å². The van der Waals surface area contributed by atoms with Gasteiger partial charge in [0.15, 0.2) is 0 Å². The molecule has 1 aliphatic heterocycles. The number of halogens is 1. The van der Waals surface area contributed by atoms with Crippen molar-refractivity contribution < 1.29 is 9.18 Å². The lowest BCUT2D eigenvalue weighted by molar-refractivity contribution is 0.0788. The molecule has 23 heavy (non-hydrogen) atoms. The van der Waals surface area contributed by atoms with Crippen molar-refractivity contribution in [3.8, 4) is 0 Å². The van der Waals surface area contributed by atoms with Crippen LogP contribution in [-0.4, -0.2) is 36.5 Å². The number of anilines is 1. The molecule has 0 atom stereocenters. The van der Waals surface area contributed by atoms with Crippen LogP contribution in [0.5, 0.6) is 0 Å². The molecule has 1 aromatic rings. The minimum atomic E-state index is -0.434. The summed E-state index contributed by atoms with van der Waals surface area (Å²) in [4.78, 5) is 14.1. The average Bonchev–Trinajstić information content (AvgIpc) is 3.09. The molecule has 0 radical (unpaired) electrons. The Hall–Kier alpha value is -1.62. The van der Waals surface area contributed by atoms with E-state index in [1.807, 2.05) is 0 Å². The van der Waals surface area contributed by atoms with Crippen LogP contribution >= 0.6 is 0 Å². The first-order chi connectivity index (χ1) is 11.1. The minimum absolute atomic E-state index is 0.183. The van der Waals surface area contributed by atoms with Crippen LogP contribution in [0.25, 0.3) is 0 Å². The molecule has 1 saturated heterocycles. The first-order valence-corrected chi connectivity index (χ1v) is 8.72. The quantitative estimate of drug-likeness (QED) is 0.897. The Morgan fingerprint density at radius 1 is 1.22 bits per heavy atom. The maximum Gasteiger partial charge on any atom is 0.256 e. The van der Waals surface area contributed by atoms with Gasteiger partial charge < -0.3 is 16.0 Å². The summed E-state index contributed by atoms with van der Waals surface area (Å²) in [5.41, 5.74) is 6.94. The number of carbonyl (C=O) groups excluding carboxylic acids is 1. The number of nitrogens with two attached hydrogens (primary N) is 1. The number of rotatable bonds is 4. The van der Waals surface area contributed by atoms with Crippen LogP contribution in [0.3, 0.4) is 0 Å². The molecule has 1 aliphatic carbocycles. The van der Waals surface area contributed by atoms with Crippen molar-refractivity contribution >= 4 is 11.6 Å². The molecule has 0 unspecified atom stereocenters. The summed E-state index contributed by atoms with van der Waals surface area (Å²) in [6.45, 7) is 2.33. The Kier molecular flexibility index (Phi) is 5.16. The van der Waals surface area contributed by atoms with E-state index in [1.165, 1.54) is 6.07 Å². The molecule has 0 spiro atoms. The zero-order chi connectivity index (χ0) is 16.2. The third kappa shape index (κ3) is 4.02. The van der Waals surface area contributed by atoms with Crippen LogP contribution in [0.2, 0.25) is 0 Å². The van der Waals surface area contributed by atoms with Gasteiger partial charge in [-0.1, -0.05) is 0 Å². The summed E-state index contributed by atoms with van der Waals surface area (Å²) in [6, 6.07) is 5.11. The molecule has 3 rings (SSSR count). The summed E-state index contributed by atoms with van der Waals surface area (Å²) in [5, 5.41) is 3.36. The van der Waals surface area contributed by atoms with Gasteiger partial charge in [0.05, 0.1) is 5.56 Å². The number of nitrogens with zero attached hydrogens (tertiary/aromatic N) is 1.